The van der Waals surface area contributed by atoms with Crippen LogP contribution in [0.5, 0.6) is 0 Å². The van der Waals surface area contributed by atoms with E-state index in [9.17, 15) is 0 Å². The predicted octanol–water partition coefficient (Wildman–Crippen LogP) is 2.08. The summed E-state index contributed by atoms with van der Waals surface area (Å²) in [4.78, 5) is 4.95. The Hall–Kier alpha value is -0.820. The minimum Gasteiger partial charge on any atom is -0.384 e. The molecule has 1 unspecified atom stereocenters. The average molecular weight is 235 g/mol. The fraction of sp³-hybridized carbons (Fsp3) is 0.538. The molecule has 0 radical (unpaired) electrons. The summed E-state index contributed by atoms with van der Waals surface area (Å²) in [7, 11) is 0. The van der Waals surface area contributed by atoms with Gasteiger partial charge in [-0.05, 0) is 38.4 Å². The molecule has 0 aliphatic carbocycles. The van der Waals surface area contributed by atoms with Gasteiger partial charge in [-0.15, -0.1) is 11.3 Å². The third kappa shape index (κ3) is 2.85. The standard InChI is InChI=1S/C13H17NOS/c1-11-4-2-8-14(11)10-13-7-6-12(16-13)5-3-9-15/h6-7,11,15H,2,4,8-10H2,1H3. The van der Waals surface area contributed by atoms with Crippen molar-refractivity contribution < 1.29 is 5.11 Å². The molecule has 1 saturated heterocycles. The Kier molecular flexibility index (Phi) is 4.00. The van der Waals surface area contributed by atoms with E-state index in [1.54, 1.807) is 11.3 Å². The lowest BCUT2D eigenvalue weighted by molar-refractivity contribution is 0.262. The van der Waals surface area contributed by atoms with Crippen LogP contribution < -0.4 is 0 Å². The molecule has 0 bridgehead atoms. The number of thiophene rings is 1. The minimum absolute atomic E-state index is 0.0591. The molecular formula is C13H17NOS. The van der Waals surface area contributed by atoms with E-state index in [1.165, 1.54) is 24.3 Å². The molecule has 1 aliphatic heterocycles. The molecule has 2 heterocycles. The van der Waals surface area contributed by atoms with Crippen molar-refractivity contribution in [1.29, 1.82) is 0 Å². The maximum absolute atomic E-state index is 8.62. The van der Waals surface area contributed by atoms with Crippen LogP contribution >= 0.6 is 11.3 Å². The van der Waals surface area contributed by atoms with E-state index >= 15 is 0 Å². The van der Waals surface area contributed by atoms with Gasteiger partial charge in [-0.2, -0.15) is 0 Å². The van der Waals surface area contributed by atoms with Crippen LogP contribution in [0, 0.1) is 11.8 Å². The van der Waals surface area contributed by atoms with Crippen LogP contribution in [0.4, 0.5) is 0 Å². The van der Waals surface area contributed by atoms with Gasteiger partial charge in [-0.3, -0.25) is 4.90 Å². The lowest BCUT2D eigenvalue weighted by Gasteiger charge is -2.19. The van der Waals surface area contributed by atoms with Gasteiger partial charge in [-0.1, -0.05) is 11.8 Å². The fourth-order valence-electron chi connectivity index (χ4n) is 2.08. The molecule has 3 heteroatoms. The third-order valence-electron chi connectivity index (χ3n) is 3.00. The van der Waals surface area contributed by atoms with E-state index < -0.39 is 0 Å². The monoisotopic (exact) mass is 235 g/mol. The van der Waals surface area contributed by atoms with E-state index in [0.717, 1.165) is 11.4 Å². The van der Waals surface area contributed by atoms with Gasteiger partial charge in [0.15, 0.2) is 0 Å². The quantitative estimate of drug-likeness (QED) is 0.793. The smallest absolute Gasteiger partial charge is 0.104 e. The molecule has 0 spiro atoms. The third-order valence-corrected chi connectivity index (χ3v) is 3.99. The second-order valence-electron chi connectivity index (χ2n) is 4.19. The van der Waals surface area contributed by atoms with E-state index in [-0.39, 0.29) is 6.61 Å². The van der Waals surface area contributed by atoms with Gasteiger partial charge in [-0.25, -0.2) is 0 Å². The Morgan fingerprint density at radius 1 is 1.56 bits per heavy atom. The number of aliphatic hydroxyl groups is 1. The Balaban J connectivity index is 1.97. The molecular weight excluding hydrogens is 218 g/mol. The summed E-state index contributed by atoms with van der Waals surface area (Å²) < 4.78 is 0. The van der Waals surface area contributed by atoms with Crippen LogP contribution in [0.25, 0.3) is 0 Å². The zero-order valence-electron chi connectivity index (χ0n) is 9.57. The van der Waals surface area contributed by atoms with Crippen molar-refractivity contribution in [2.45, 2.75) is 32.4 Å². The van der Waals surface area contributed by atoms with Crippen molar-refractivity contribution in [1.82, 2.24) is 4.90 Å². The van der Waals surface area contributed by atoms with Crippen molar-refractivity contribution in [2.24, 2.45) is 0 Å². The molecule has 1 fully saturated rings. The van der Waals surface area contributed by atoms with Crippen molar-refractivity contribution in [3.8, 4) is 11.8 Å². The van der Waals surface area contributed by atoms with Crippen LogP contribution in [0.15, 0.2) is 12.1 Å². The Morgan fingerprint density at radius 2 is 2.44 bits per heavy atom. The Morgan fingerprint density at radius 3 is 3.12 bits per heavy atom. The summed E-state index contributed by atoms with van der Waals surface area (Å²) in [5.41, 5.74) is 0. The summed E-state index contributed by atoms with van der Waals surface area (Å²) in [6, 6.07) is 4.91. The number of likely N-dealkylation sites (tertiary alicyclic amines) is 1. The molecule has 1 aliphatic rings. The normalized spacial score (nSPS) is 20.8. The van der Waals surface area contributed by atoms with Crippen LogP contribution in [-0.2, 0) is 6.54 Å². The van der Waals surface area contributed by atoms with Gasteiger partial charge in [0.2, 0.25) is 0 Å². The molecule has 1 N–H and O–H groups in total. The molecule has 0 aromatic carbocycles. The van der Waals surface area contributed by atoms with Crippen molar-refractivity contribution in [3.05, 3.63) is 21.9 Å². The molecule has 1 aromatic heterocycles. The number of hydrogen-bond acceptors (Lipinski definition) is 3. The van der Waals surface area contributed by atoms with Crippen LogP contribution in [0.3, 0.4) is 0 Å². The van der Waals surface area contributed by atoms with E-state index in [1.807, 2.05) is 6.07 Å². The second-order valence-corrected chi connectivity index (χ2v) is 5.36. The molecule has 0 amide bonds. The molecule has 1 aromatic rings. The van der Waals surface area contributed by atoms with E-state index in [0.29, 0.717) is 6.04 Å². The highest BCUT2D eigenvalue weighted by atomic mass is 32.1. The largest absolute Gasteiger partial charge is 0.384 e. The van der Waals surface area contributed by atoms with Crippen molar-refractivity contribution in [2.75, 3.05) is 13.2 Å². The summed E-state index contributed by atoms with van der Waals surface area (Å²) in [6.45, 7) is 4.51. The summed E-state index contributed by atoms with van der Waals surface area (Å²) in [5, 5.41) is 8.62. The lowest BCUT2D eigenvalue weighted by Crippen LogP contribution is -2.25. The van der Waals surface area contributed by atoms with E-state index in [4.69, 9.17) is 5.11 Å². The number of aliphatic hydroxyl groups excluding tert-OH is 1. The minimum atomic E-state index is -0.0591. The molecule has 16 heavy (non-hydrogen) atoms. The SMILES string of the molecule is CC1CCCN1Cc1ccc(C#CCO)s1. The highest BCUT2D eigenvalue weighted by molar-refractivity contribution is 7.12. The van der Waals surface area contributed by atoms with E-state index in [2.05, 4.69) is 29.7 Å². The van der Waals surface area contributed by atoms with Gasteiger partial charge in [0, 0.05) is 17.5 Å². The first-order valence-corrected chi connectivity index (χ1v) is 6.54. The maximum Gasteiger partial charge on any atom is 0.104 e. The molecule has 0 saturated carbocycles. The molecule has 2 rings (SSSR count). The van der Waals surface area contributed by atoms with Gasteiger partial charge < -0.3 is 5.11 Å². The highest BCUT2D eigenvalue weighted by Crippen LogP contribution is 2.23. The maximum atomic E-state index is 8.62. The molecule has 2 nitrogen and oxygen atoms in total. The second kappa shape index (κ2) is 5.49. The van der Waals surface area contributed by atoms with Gasteiger partial charge in [0.25, 0.3) is 0 Å². The van der Waals surface area contributed by atoms with Crippen LogP contribution in [0.2, 0.25) is 0 Å². The first-order valence-electron chi connectivity index (χ1n) is 5.72. The summed E-state index contributed by atoms with van der Waals surface area (Å²) >= 11 is 1.74. The van der Waals surface area contributed by atoms with Crippen LogP contribution in [0.1, 0.15) is 29.5 Å². The fourth-order valence-corrected chi connectivity index (χ4v) is 2.99. The molecule has 1 atom stereocenters. The summed E-state index contributed by atoms with van der Waals surface area (Å²) in [6.07, 6.45) is 2.65. The topological polar surface area (TPSA) is 23.5 Å². The average Bonchev–Trinajstić information content (AvgIpc) is 2.87. The first kappa shape index (κ1) is 11.7. The molecule has 86 valence electrons. The van der Waals surface area contributed by atoms with Gasteiger partial charge in [0.1, 0.15) is 6.61 Å². The van der Waals surface area contributed by atoms with Crippen LogP contribution in [-0.4, -0.2) is 29.2 Å². The number of rotatable bonds is 2. The Labute approximate surface area is 101 Å². The zero-order chi connectivity index (χ0) is 11.4. The predicted molar refractivity (Wildman–Crippen MR) is 67.4 cm³/mol. The first-order chi connectivity index (χ1) is 7.79. The lowest BCUT2D eigenvalue weighted by atomic mass is 10.2. The Bertz CT molecular complexity index is 402. The number of nitrogens with zero attached hydrogens (tertiary/aromatic N) is 1. The van der Waals surface area contributed by atoms with Gasteiger partial charge >= 0.3 is 0 Å². The zero-order valence-corrected chi connectivity index (χ0v) is 10.4. The van der Waals surface area contributed by atoms with Crippen molar-refractivity contribution >= 4 is 11.3 Å². The number of hydrogen-bond donors (Lipinski definition) is 1. The summed E-state index contributed by atoms with van der Waals surface area (Å²) in [5.74, 6) is 5.63. The van der Waals surface area contributed by atoms with Crippen molar-refractivity contribution in [3.63, 3.8) is 0 Å². The van der Waals surface area contributed by atoms with Gasteiger partial charge in [0.05, 0.1) is 4.88 Å². The highest BCUT2D eigenvalue weighted by Gasteiger charge is 2.20.